The molecule has 8 heteroatoms. The number of pyridine rings is 1. The van der Waals surface area contributed by atoms with E-state index in [0.717, 1.165) is 0 Å². The van der Waals surface area contributed by atoms with Crippen LogP contribution < -0.4 is 10.0 Å². The number of aromatic nitrogens is 1. The van der Waals surface area contributed by atoms with Crippen molar-refractivity contribution in [1.29, 1.82) is 0 Å². The summed E-state index contributed by atoms with van der Waals surface area (Å²) in [5.74, 6) is 0.0645. The lowest BCUT2D eigenvalue weighted by Gasteiger charge is -2.13. The Morgan fingerprint density at radius 2 is 1.91 bits per heavy atom. The van der Waals surface area contributed by atoms with Gasteiger partial charge < -0.3 is 10.4 Å². The molecule has 0 aliphatic rings. The smallest absolute Gasteiger partial charge is 0.242 e. The summed E-state index contributed by atoms with van der Waals surface area (Å²) in [6.07, 6.45) is 0.410. The zero-order chi connectivity index (χ0) is 16.9. The summed E-state index contributed by atoms with van der Waals surface area (Å²) in [5, 5.41) is 12.9. The molecule has 124 valence electrons. The highest BCUT2D eigenvalue weighted by molar-refractivity contribution is 7.89. The Hall–Kier alpha value is -2.03. The van der Waals surface area contributed by atoms with Gasteiger partial charge in [-0.1, -0.05) is 19.1 Å². The molecule has 0 saturated carbocycles. The van der Waals surface area contributed by atoms with Gasteiger partial charge in [0.1, 0.15) is 16.5 Å². The largest absolute Gasteiger partial charge is 0.387 e. The van der Waals surface area contributed by atoms with Crippen molar-refractivity contribution in [2.45, 2.75) is 17.9 Å². The van der Waals surface area contributed by atoms with Crippen LogP contribution in [0.5, 0.6) is 0 Å². The van der Waals surface area contributed by atoms with Gasteiger partial charge in [-0.15, -0.1) is 0 Å². The molecule has 0 aliphatic carbocycles. The van der Waals surface area contributed by atoms with Gasteiger partial charge in [0, 0.05) is 19.3 Å². The molecule has 0 saturated heterocycles. The summed E-state index contributed by atoms with van der Waals surface area (Å²) in [6, 6.07) is 8.50. The third-order valence-electron chi connectivity index (χ3n) is 3.11. The van der Waals surface area contributed by atoms with Gasteiger partial charge in [0.15, 0.2) is 0 Å². The van der Waals surface area contributed by atoms with Crippen LogP contribution in [0, 0.1) is 5.82 Å². The summed E-state index contributed by atoms with van der Waals surface area (Å²) < 4.78 is 38.8. The number of rotatable bonds is 7. The van der Waals surface area contributed by atoms with Crippen molar-refractivity contribution in [3.8, 4) is 0 Å². The van der Waals surface area contributed by atoms with Crippen LogP contribution in [-0.2, 0) is 10.0 Å². The zero-order valence-electron chi connectivity index (χ0n) is 12.5. The Bertz CT molecular complexity index is 734. The normalized spacial score (nSPS) is 12.8. The number of hydrogen-bond donors (Lipinski definition) is 3. The molecule has 0 bridgehead atoms. The highest BCUT2D eigenvalue weighted by Gasteiger charge is 2.13. The SMILES string of the molecule is CCNS(=O)(=O)c1ccc(NC[C@@H](O)c2ccc(F)cc2)nc1. The van der Waals surface area contributed by atoms with Crippen LogP contribution in [0.4, 0.5) is 10.2 Å². The van der Waals surface area contributed by atoms with E-state index in [9.17, 15) is 17.9 Å². The first-order valence-corrected chi connectivity index (χ1v) is 8.54. The van der Waals surface area contributed by atoms with Crippen molar-refractivity contribution in [1.82, 2.24) is 9.71 Å². The molecule has 2 aromatic rings. The average molecular weight is 339 g/mol. The minimum Gasteiger partial charge on any atom is -0.387 e. The van der Waals surface area contributed by atoms with E-state index in [0.29, 0.717) is 17.9 Å². The topological polar surface area (TPSA) is 91.3 Å². The van der Waals surface area contributed by atoms with E-state index < -0.39 is 16.1 Å². The first-order chi connectivity index (χ1) is 10.9. The Morgan fingerprint density at radius 1 is 1.22 bits per heavy atom. The zero-order valence-corrected chi connectivity index (χ0v) is 13.3. The van der Waals surface area contributed by atoms with Crippen LogP contribution in [0.25, 0.3) is 0 Å². The Balaban J connectivity index is 1.97. The van der Waals surface area contributed by atoms with Gasteiger partial charge >= 0.3 is 0 Å². The number of halogens is 1. The van der Waals surface area contributed by atoms with Crippen LogP contribution >= 0.6 is 0 Å². The molecule has 1 atom stereocenters. The molecule has 6 nitrogen and oxygen atoms in total. The van der Waals surface area contributed by atoms with Crippen molar-refractivity contribution >= 4 is 15.8 Å². The number of nitrogens with zero attached hydrogens (tertiary/aromatic N) is 1. The summed E-state index contributed by atoms with van der Waals surface area (Å²) in [4.78, 5) is 4.08. The monoisotopic (exact) mass is 339 g/mol. The maximum Gasteiger partial charge on any atom is 0.242 e. The van der Waals surface area contributed by atoms with E-state index in [1.165, 1.54) is 42.6 Å². The van der Waals surface area contributed by atoms with Crippen LogP contribution in [0.15, 0.2) is 47.5 Å². The standard InChI is InChI=1S/C15H18FN3O3S/c1-2-19-23(21,22)13-7-8-15(17-9-13)18-10-14(20)11-3-5-12(16)6-4-11/h3-9,14,19-20H,2,10H2,1H3,(H,17,18)/t14-/m1/s1. The van der Waals surface area contributed by atoms with E-state index in [-0.39, 0.29) is 17.3 Å². The minimum absolute atomic E-state index is 0.0731. The summed E-state index contributed by atoms with van der Waals surface area (Å²) in [5.41, 5.74) is 0.574. The van der Waals surface area contributed by atoms with Gasteiger partial charge in [0.25, 0.3) is 0 Å². The molecule has 0 amide bonds. The second-order valence-corrected chi connectivity index (χ2v) is 6.60. The second kappa shape index (κ2) is 7.49. The van der Waals surface area contributed by atoms with E-state index in [4.69, 9.17) is 0 Å². The number of benzene rings is 1. The fraction of sp³-hybridized carbons (Fsp3) is 0.267. The fourth-order valence-corrected chi connectivity index (χ4v) is 2.91. The number of sulfonamides is 1. The minimum atomic E-state index is -3.53. The lowest BCUT2D eigenvalue weighted by Crippen LogP contribution is -2.23. The van der Waals surface area contributed by atoms with Crippen molar-refractivity contribution < 1.29 is 17.9 Å². The van der Waals surface area contributed by atoms with Gasteiger partial charge in [-0.05, 0) is 29.8 Å². The second-order valence-electron chi connectivity index (χ2n) is 4.83. The summed E-state index contributed by atoms with van der Waals surface area (Å²) >= 11 is 0. The molecule has 23 heavy (non-hydrogen) atoms. The highest BCUT2D eigenvalue weighted by atomic mass is 32.2. The maximum atomic E-state index is 12.8. The molecular formula is C15H18FN3O3S. The molecule has 1 heterocycles. The molecule has 0 radical (unpaired) electrons. The Morgan fingerprint density at radius 3 is 2.48 bits per heavy atom. The Labute approximate surface area is 134 Å². The van der Waals surface area contributed by atoms with Crippen LogP contribution in [0.3, 0.4) is 0 Å². The van der Waals surface area contributed by atoms with E-state index >= 15 is 0 Å². The molecule has 0 aliphatic heterocycles. The molecule has 0 spiro atoms. The number of hydrogen-bond acceptors (Lipinski definition) is 5. The van der Waals surface area contributed by atoms with Gasteiger partial charge in [0.05, 0.1) is 6.10 Å². The number of nitrogens with one attached hydrogen (secondary N) is 2. The number of anilines is 1. The molecule has 3 N–H and O–H groups in total. The van der Waals surface area contributed by atoms with Crippen LogP contribution in [-0.4, -0.2) is 31.6 Å². The molecule has 0 fully saturated rings. The Kier molecular flexibility index (Phi) is 5.64. The first kappa shape index (κ1) is 17.3. The average Bonchev–Trinajstić information content (AvgIpc) is 2.53. The van der Waals surface area contributed by atoms with Crippen LogP contribution in [0.2, 0.25) is 0 Å². The van der Waals surface area contributed by atoms with Gasteiger partial charge in [-0.2, -0.15) is 0 Å². The molecule has 1 aromatic heterocycles. The molecule has 0 unspecified atom stereocenters. The first-order valence-electron chi connectivity index (χ1n) is 7.05. The lowest BCUT2D eigenvalue weighted by atomic mass is 10.1. The summed E-state index contributed by atoms with van der Waals surface area (Å²) in [6.45, 7) is 2.15. The number of aliphatic hydroxyl groups is 1. The number of aliphatic hydroxyl groups excluding tert-OH is 1. The quantitative estimate of drug-likeness (QED) is 0.714. The lowest BCUT2D eigenvalue weighted by molar-refractivity contribution is 0.191. The third kappa shape index (κ3) is 4.72. The molecule has 2 rings (SSSR count). The van der Waals surface area contributed by atoms with E-state index in [1.54, 1.807) is 6.92 Å². The van der Waals surface area contributed by atoms with Gasteiger partial charge in [-0.25, -0.2) is 22.5 Å². The van der Waals surface area contributed by atoms with Crippen LogP contribution in [0.1, 0.15) is 18.6 Å². The van der Waals surface area contributed by atoms with Crippen molar-refractivity contribution in [2.75, 3.05) is 18.4 Å². The van der Waals surface area contributed by atoms with Crippen molar-refractivity contribution in [3.05, 3.63) is 54.0 Å². The van der Waals surface area contributed by atoms with Gasteiger partial charge in [0.2, 0.25) is 10.0 Å². The fourth-order valence-electron chi connectivity index (χ4n) is 1.92. The van der Waals surface area contributed by atoms with E-state index in [2.05, 4.69) is 15.0 Å². The summed E-state index contributed by atoms with van der Waals surface area (Å²) in [7, 11) is -3.53. The third-order valence-corrected chi connectivity index (χ3v) is 4.64. The van der Waals surface area contributed by atoms with Gasteiger partial charge in [-0.3, -0.25) is 0 Å². The van der Waals surface area contributed by atoms with Crippen molar-refractivity contribution in [3.63, 3.8) is 0 Å². The molecule has 1 aromatic carbocycles. The maximum absolute atomic E-state index is 12.8. The predicted octanol–water partition coefficient (Wildman–Crippen LogP) is 1.66. The van der Waals surface area contributed by atoms with Crippen molar-refractivity contribution in [2.24, 2.45) is 0 Å². The highest BCUT2D eigenvalue weighted by Crippen LogP contribution is 2.15. The molecular weight excluding hydrogens is 321 g/mol. The predicted molar refractivity (Wildman–Crippen MR) is 84.9 cm³/mol. The van der Waals surface area contributed by atoms with E-state index in [1.807, 2.05) is 0 Å².